The molecule has 0 amide bonds. The Morgan fingerprint density at radius 3 is 3.16 bits per heavy atom. The normalized spacial score (nSPS) is 22.1. The van der Waals surface area contributed by atoms with Crippen LogP contribution in [0.2, 0.25) is 0 Å². The summed E-state index contributed by atoms with van der Waals surface area (Å²) < 4.78 is 5.60. The summed E-state index contributed by atoms with van der Waals surface area (Å²) in [6.45, 7) is 6.24. The third kappa shape index (κ3) is 4.96. The molecule has 0 radical (unpaired) electrons. The zero-order chi connectivity index (χ0) is 13.5. The minimum atomic E-state index is 0.493. The van der Waals surface area contributed by atoms with Crippen molar-refractivity contribution >= 4 is 0 Å². The Labute approximate surface area is 116 Å². The Balaban J connectivity index is 1.69. The molecule has 0 bridgehead atoms. The van der Waals surface area contributed by atoms with E-state index in [0.717, 1.165) is 24.6 Å². The number of nitrogens with zero attached hydrogens (tertiary/aromatic N) is 1. The molecule has 2 N–H and O–H groups in total. The van der Waals surface area contributed by atoms with Gasteiger partial charge in [0.05, 0.1) is 12.7 Å². The average Bonchev–Trinajstić information content (AvgIpc) is 2.73. The number of hydrogen-bond donors (Lipinski definition) is 2. The Bertz CT molecular complexity index is 356. The Morgan fingerprint density at radius 1 is 1.47 bits per heavy atom. The van der Waals surface area contributed by atoms with Crippen LogP contribution in [0.3, 0.4) is 0 Å². The predicted molar refractivity (Wildman–Crippen MR) is 77.1 cm³/mol. The molecular formula is C15H27N3O. The molecule has 2 unspecified atom stereocenters. The lowest BCUT2D eigenvalue weighted by Crippen LogP contribution is -2.36. The van der Waals surface area contributed by atoms with Gasteiger partial charge in [-0.1, -0.05) is 19.8 Å². The number of rotatable bonds is 6. The molecular weight excluding hydrogens is 238 g/mol. The zero-order valence-corrected chi connectivity index (χ0v) is 12.2. The standard InChI is InChI=1S/C15H27N3O/c1-3-14-10-18-15(19-14)11-17-12(2)9-13-7-5-4-6-8-16-13/h10,12-13,16-17H,3-9,11H2,1-2H3. The Kier molecular flexibility index (Phi) is 5.86. The van der Waals surface area contributed by atoms with E-state index in [4.69, 9.17) is 4.42 Å². The molecule has 2 rings (SSSR count). The molecule has 4 heteroatoms. The second-order valence-electron chi connectivity index (χ2n) is 5.59. The largest absolute Gasteiger partial charge is 0.444 e. The van der Waals surface area contributed by atoms with Gasteiger partial charge in [0.2, 0.25) is 5.89 Å². The molecule has 1 saturated heterocycles. The van der Waals surface area contributed by atoms with E-state index in [0.29, 0.717) is 12.1 Å². The Hall–Kier alpha value is -0.870. The minimum absolute atomic E-state index is 0.493. The highest BCUT2D eigenvalue weighted by Gasteiger charge is 2.15. The lowest BCUT2D eigenvalue weighted by Gasteiger charge is -2.20. The first-order valence-electron chi connectivity index (χ1n) is 7.68. The van der Waals surface area contributed by atoms with E-state index in [1.165, 1.54) is 38.6 Å². The maximum Gasteiger partial charge on any atom is 0.208 e. The van der Waals surface area contributed by atoms with Crippen LogP contribution in [0, 0.1) is 0 Å². The highest BCUT2D eigenvalue weighted by molar-refractivity contribution is 4.93. The summed E-state index contributed by atoms with van der Waals surface area (Å²) >= 11 is 0. The monoisotopic (exact) mass is 265 g/mol. The fraction of sp³-hybridized carbons (Fsp3) is 0.800. The number of aryl methyl sites for hydroxylation is 1. The van der Waals surface area contributed by atoms with Crippen LogP contribution in [0.25, 0.3) is 0 Å². The fourth-order valence-electron chi connectivity index (χ4n) is 2.67. The van der Waals surface area contributed by atoms with E-state index in [1.54, 1.807) is 0 Å². The molecule has 2 heterocycles. The third-order valence-corrected chi connectivity index (χ3v) is 3.85. The summed E-state index contributed by atoms with van der Waals surface area (Å²) in [6.07, 6.45) is 9.30. The molecule has 1 fully saturated rings. The summed E-state index contributed by atoms with van der Waals surface area (Å²) in [7, 11) is 0. The lowest BCUT2D eigenvalue weighted by molar-refractivity contribution is 0.376. The lowest BCUT2D eigenvalue weighted by atomic mass is 10.0. The van der Waals surface area contributed by atoms with Crippen LogP contribution in [0.4, 0.5) is 0 Å². The maximum absolute atomic E-state index is 5.60. The van der Waals surface area contributed by atoms with Crippen molar-refractivity contribution in [3.05, 3.63) is 17.8 Å². The molecule has 19 heavy (non-hydrogen) atoms. The van der Waals surface area contributed by atoms with Gasteiger partial charge in [0.25, 0.3) is 0 Å². The minimum Gasteiger partial charge on any atom is -0.444 e. The van der Waals surface area contributed by atoms with E-state index < -0.39 is 0 Å². The van der Waals surface area contributed by atoms with E-state index in [2.05, 4.69) is 29.5 Å². The van der Waals surface area contributed by atoms with Crippen LogP contribution in [-0.2, 0) is 13.0 Å². The predicted octanol–water partition coefficient (Wildman–Crippen LogP) is 2.64. The van der Waals surface area contributed by atoms with Gasteiger partial charge < -0.3 is 15.1 Å². The molecule has 0 spiro atoms. The molecule has 0 aromatic carbocycles. The van der Waals surface area contributed by atoms with Gasteiger partial charge in [-0.15, -0.1) is 0 Å². The van der Waals surface area contributed by atoms with Crippen molar-refractivity contribution in [2.45, 2.75) is 71.0 Å². The van der Waals surface area contributed by atoms with Crippen molar-refractivity contribution in [3.8, 4) is 0 Å². The maximum atomic E-state index is 5.60. The Morgan fingerprint density at radius 2 is 2.37 bits per heavy atom. The quantitative estimate of drug-likeness (QED) is 0.830. The second-order valence-corrected chi connectivity index (χ2v) is 5.59. The van der Waals surface area contributed by atoms with E-state index in [9.17, 15) is 0 Å². The van der Waals surface area contributed by atoms with Crippen molar-refractivity contribution in [1.82, 2.24) is 15.6 Å². The highest BCUT2D eigenvalue weighted by Crippen LogP contribution is 2.13. The fourth-order valence-corrected chi connectivity index (χ4v) is 2.67. The molecule has 0 saturated carbocycles. The van der Waals surface area contributed by atoms with E-state index in [1.807, 2.05) is 6.20 Å². The first-order chi connectivity index (χ1) is 9.28. The van der Waals surface area contributed by atoms with Crippen LogP contribution >= 0.6 is 0 Å². The SMILES string of the molecule is CCc1cnc(CNC(C)CC2CCCCCN2)o1. The van der Waals surface area contributed by atoms with Gasteiger partial charge in [0.1, 0.15) is 5.76 Å². The zero-order valence-electron chi connectivity index (χ0n) is 12.2. The number of aromatic nitrogens is 1. The van der Waals surface area contributed by atoms with Gasteiger partial charge in [-0.3, -0.25) is 0 Å². The second kappa shape index (κ2) is 7.65. The van der Waals surface area contributed by atoms with Crippen LogP contribution in [0.5, 0.6) is 0 Å². The molecule has 4 nitrogen and oxygen atoms in total. The number of oxazole rings is 1. The van der Waals surface area contributed by atoms with Crippen molar-refractivity contribution in [2.75, 3.05) is 6.54 Å². The first kappa shape index (κ1) is 14.5. The molecule has 2 atom stereocenters. The number of nitrogens with one attached hydrogen (secondary N) is 2. The van der Waals surface area contributed by atoms with E-state index >= 15 is 0 Å². The van der Waals surface area contributed by atoms with Gasteiger partial charge in [0.15, 0.2) is 0 Å². The average molecular weight is 265 g/mol. The summed E-state index contributed by atoms with van der Waals surface area (Å²) in [6, 6.07) is 1.16. The highest BCUT2D eigenvalue weighted by atomic mass is 16.4. The van der Waals surface area contributed by atoms with Gasteiger partial charge in [-0.05, 0) is 32.7 Å². The summed E-state index contributed by atoms with van der Waals surface area (Å²) in [5.74, 6) is 1.77. The van der Waals surface area contributed by atoms with Crippen LogP contribution < -0.4 is 10.6 Å². The third-order valence-electron chi connectivity index (χ3n) is 3.85. The summed E-state index contributed by atoms with van der Waals surface area (Å²) in [4.78, 5) is 4.28. The molecule has 1 aliphatic rings. The van der Waals surface area contributed by atoms with Crippen LogP contribution in [-0.4, -0.2) is 23.6 Å². The summed E-state index contributed by atoms with van der Waals surface area (Å²) in [5.41, 5.74) is 0. The molecule has 1 aliphatic heterocycles. The van der Waals surface area contributed by atoms with Crippen molar-refractivity contribution in [2.24, 2.45) is 0 Å². The van der Waals surface area contributed by atoms with Crippen molar-refractivity contribution in [3.63, 3.8) is 0 Å². The molecule has 108 valence electrons. The molecule has 0 aliphatic carbocycles. The molecule has 1 aromatic rings. The van der Waals surface area contributed by atoms with Gasteiger partial charge in [-0.2, -0.15) is 0 Å². The molecule has 1 aromatic heterocycles. The topological polar surface area (TPSA) is 50.1 Å². The van der Waals surface area contributed by atoms with Crippen molar-refractivity contribution < 1.29 is 4.42 Å². The number of hydrogen-bond acceptors (Lipinski definition) is 4. The van der Waals surface area contributed by atoms with Crippen LogP contribution in [0.15, 0.2) is 10.6 Å². The van der Waals surface area contributed by atoms with Gasteiger partial charge >= 0.3 is 0 Å². The van der Waals surface area contributed by atoms with E-state index in [-0.39, 0.29) is 0 Å². The van der Waals surface area contributed by atoms with Gasteiger partial charge in [0, 0.05) is 18.5 Å². The smallest absolute Gasteiger partial charge is 0.208 e. The van der Waals surface area contributed by atoms with Gasteiger partial charge in [-0.25, -0.2) is 4.98 Å². The first-order valence-corrected chi connectivity index (χ1v) is 7.68. The van der Waals surface area contributed by atoms with Crippen LogP contribution in [0.1, 0.15) is 57.6 Å². The summed E-state index contributed by atoms with van der Waals surface area (Å²) in [5, 5.41) is 7.15. The van der Waals surface area contributed by atoms with Crippen molar-refractivity contribution in [1.29, 1.82) is 0 Å².